The molecule has 9 heteroatoms. The van der Waals surface area contributed by atoms with Crippen molar-refractivity contribution < 1.29 is 26.3 Å². The van der Waals surface area contributed by atoms with E-state index in [1.165, 1.54) is 37.4 Å². The standard InChI is InChI=1S/C16H13F3N2O3S/c1-10-12(7-8-15(20-10)24-2)14-9-11-5-3-4-6-13(11)21(14)25(22,23)16(17,18)19/h3-9H,1-2H3. The van der Waals surface area contributed by atoms with Gasteiger partial charge in [0.15, 0.2) is 0 Å². The number of rotatable bonds is 3. The van der Waals surface area contributed by atoms with Crippen molar-refractivity contribution in [3.05, 3.63) is 48.2 Å². The molecule has 3 rings (SSSR count). The fourth-order valence-electron chi connectivity index (χ4n) is 2.60. The summed E-state index contributed by atoms with van der Waals surface area (Å²) in [6.45, 7) is 1.57. The average molecular weight is 370 g/mol. The molecule has 0 bridgehead atoms. The van der Waals surface area contributed by atoms with Crippen molar-refractivity contribution >= 4 is 20.9 Å². The molecular formula is C16H13F3N2O3S. The van der Waals surface area contributed by atoms with E-state index in [0.29, 0.717) is 15.1 Å². The monoisotopic (exact) mass is 370 g/mol. The summed E-state index contributed by atoms with van der Waals surface area (Å²) in [7, 11) is -4.20. The predicted molar refractivity (Wildman–Crippen MR) is 86.8 cm³/mol. The van der Waals surface area contributed by atoms with Crippen molar-refractivity contribution in [3.63, 3.8) is 0 Å². The zero-order chi connectivity index (χ0) is 18.4. The number of benzene rings is 1. The molecule has 0 saturated heterocycles. The van der Waals surface area contributed by atoms with Gasteiger partial charge in [-0.1, -0.05) is 18.2 Å². The number of pyridine rings is 1. The first-order chi connectivity index (χ1) is 11.7. The van der Waals surface area contributed by atoms with Crippen molar-refractivity contribution in [1.29, 1.82) is 0 Å². The van der Waals surface area contributed by atoms with Crippen molar-refractivity contribution in [1.82, 2.24) is 8.96 Å². The van der Waals surface area contributed by atoms with Gasteiger partial charge in [-0.2, -0.15) is 21.6 Å². The van der Waals surface area contributed by atoms with Crippen LogP contribution in [0.2, 0.25) is 0 Å². The summed E-state index contributed by atoms with van der Waals surface area (Å²) >= 11 is 0. The van der Waals surface area contributed by atoms with Gasteiger partial charge in [0.2, 0.25) is 5.88 Å². The summed E-state index contributed by atoms with van der Waals surface area (Å²) in [6, 6.07) is 10.3. The molecule has 2 heterocycles. The Morgan fingerprint density at radius 2 is 1.80 bits per heavy atom. The van der Waals surface area contributed by atoms with Crippen LogP contribution in [0.5, 0.6) is 5.88 Å². The maximum atomic E-state index is 13.2. The first-order valence-corrected chi connectivity index (χ1v) is 8.55. The molecule has 0 spiro atoms. The van der Waals surface area contributed by atoms with Gasteiger partial charge in [0, 0.05) is 17.0 Å². The van der Waals surface area contributed by atoms with Crippen LogP contribution in [0.1, 0.15) is 5.69 Å². The zero-order valence-corrected chi connectivity index (χ0v) is 14.0. The SMILES string of the molecule is COc1ccc(-c2cc3ccccc3n2S(=O)(=O)C(F)(F)F)c(C)n1. The van der Waals surface area contributed by atoms with Crippen molar-refractivity contribution in [2.24, 2.45) is 0 Å². The van der Waals surface area contributed by atoms with E-state index in [-0.39, 0.29) is 22.7 Å². The molecule has 0 aliphatic carbocycles. The van der Waals surface area contributed by atoms with Gasteiger partial charge in [-0.15, -0.1) is 0 Å². The number of methoxy groups -OCH3 is 1. The summed E-state index contributed by atoms with van der Waals surface area (Å²) in [6.07, 6.45) is 0. The van der Waals surface area contributed by atoms with E-state index in [9.17, 15) is 21.6 Å². The average Bonchev–Trinajstić information content (AvgIpc) is 2.93. The Morgan fingerprint density at radius 1 is 1.12 bits per heavy atom. The molecule has 1 aromatic carbocycles. The van der Waals surface area contributed by atoms with E-state index >= 15 is 0 Å². The molecule has 0 aliphatic rings. The first-order valence-electron chi connectivity index (χ1n) is 7.11. The third kappa shape index (κ3) is 2.74. The van der Waals surface area contributed by atoms with Crippen molar-refractivity contribution in [3.8, 4) is 17.1 Å². The highest BCUT2D eigenvalue weighted by Gasteiger charge is 2.48. The highest BCUT2D eigenvalue weighted by molar-refractivity contribution is 7.91. The lowest BCUT2D eigenvalue weighted by atomic mass is 10.1. The lowest BCUT2D eigenvalue weighted by Gasteiger charge is -2.15. The van der Waals surface area contributed by atoms with Crippen LogP contribution in [-0.2, 0) is 10.0 Å². The zero-order valence-electron chi connectivity index (χ0n) is 13.2. The summed E-state index contributed by atoms with van der Waals surface area (Å²) in [5.74, 6) is 0.280. The molecule has 0 N–H and O–H groups in total. The number of halogens is 3. The third-order valence-electron chi connectivity index (χ3n) is 3.74. The maximum absolute atomic E-state index is 13.2. The lowest BCUT2D eigenvalue weighted by molar-refractivity contribution is -0.0444. The number of hydrogen-bond donors (Lipinski definition) is 0. The predicted octanol–water partition coefficient (Wildman–Crippen LogP) is 3.72. The van der Waals surface area contributed by atoms with Gasteiger partial charge in [-0.25, -0.2) is 8.96 Å². The number of para-hydroxylation sites is 1. The fourth-order valence-corrected chi connectivity index (χ4v) is 3.64. The van der Waals surface area contributed by atoms with Crippen LogP contribution in [0.4, 0.5) is 13.2 Å². The number of nitrogens with zero attached hydrogens (tertiary/aromatic N) is 2. The minimum atomic E-state index is -5.61. The van der Waals surface area contributed by atoms with Crippen LogP contribution in [0.15, 0.2) is 42.5 Å². The van der Waals surface area contributed by atoms with Crippen LogP contribution in [0, 0.1) is 6.92 Å². The van der Waals surface area contributed by atoms with Gasteiger partial charge in [0.05, 0.1) is 24.0 Å². The van der Waals surface area contributed by atoms with Gasteiger partial charge in [-0.3, -0.25) is 0 Å². The maximum Gasteiger partial charge on any atom is 0.517 e. The van der Waals surface area contributed by atoms with E-state index in [1.54, 1.807) is 19.1 Å². The van der Waals surface area contributed by atoms with Crippen molar-refractivity contribution in [2.75, 3.05) is 7.11 Å². The number of hydrogen-bond acceptors (Lipinski definition) is 4. The Balaban J connectivity index is 2.39. The van der Waals surface area contributed by atoms with E-state index in [2.05, 4.69) is 4.98 Å². The van der Waals surface area contributed by atoms with Gasteiger partial charge in [-0.05, 0) is 25.1 Å². The molecule has 0 radical (unpaired) electrons. The molecule has 0 saturated carbocycles. The quantitative estimate of drug-likeness (QED) is 0.705. The normalized spacial score (nSPS) is 12.5. The second-order valence-electron chi connectivity index (χ2n) is 5.29. The number of fused-ring (bicyclic) bond motifs is 1. The van der Waals surface area contributed by atoms with Gasteiger partial charge in [0.1, 0.15) is 0 Å². The molecule has 5 nitrogen and oxygen atoms in total. The molecule has 0 atom stereocenters. The van der Waals surface area contributed by atoms with E-state index in [0.717, 1.165) is 0 Å². The van der Waals surface area contributed by atoms with Crippen LogP contribution in [0.3, 0.4) is 0 Å². The molecule has 0 amide bonds. The minimum Gasteiger partial charge on any atom is -0.481 e. The number of alkyl halides is 3. The molecule has 0 aliphatic heterocycles. The lowest BCUT2D eigenvalue weighted by Crippen LogP contribution is -2.30. The first kappa shape index (κ1) is 17.3. The molecule has 25 heavy (non-hydrogen) atoms. The Morgan fingerprint density at radius 3 is 2.40 bits per heavy atom. The summed E-state index contributed by atoms with van der Waals surface area (Å²) in [5, 5.41) is 0.376. The van der Waals surface area contributed by atoms with E-state index in [4.69, 9.17) is 4.74 Å². The molecule has 3 aromatic rings. The molecule has 132 valence electrons. The second kappa shape index (κ2) is 5.76. The van der Waals surface area contributed by atoms with Crippen LogP contribution >= 0.6 is 0 Å². The topological polar surface area (TPSA) is 61.2 Å². The second-order valence-corrected chi connectivity index (χ2v) is 7.07. The van der Waals surface area contributed by atoms with Crippen molar-refractivity contribution in [2.45, 2.75) is 12.4 Å². The smallest absolute Gasteiger partial charge is 0.481 e. The van der Waals surface area contributed by atoms with Crippen LogP contribution < -0.4 is 4.74 Å². The van der Waals surface area contributed by atoms with Gasteiger partial charge in [0.25, 0.3) is 0 Å². The van der Waals surface area contributed by atoms with Crippen LogP contribution in [0.25, 0.3) is 22.2 Å². The number of aryl methyl sites for hydroxylation is 1. The highest BCUT2D eigenvalue weighted by atomic mass is 32.2. The van der Waals surface area contributed by atoms with Crippen LogP contribution in [-0.4, -0.2) is 30.0 Å². The summed E-state index contributed by atoms with van der Waals surface area (Å²) in [4.78, 5) is 4.11. The largest absolute Gasteiger partial charge is 0.517 e. The van der Waals surface area contributed by atoms with E-state index in [1.807, 2.05) is 0 Å². The van der Waals surface area contributed by atoms with Gasteiger partial charge < -0.3 is 4.74 Å². The Hall–Kier alpha value is -2.55. The molecule has 0 unspecified atom stereocenters. The number of ether oxygens (including phenoxy) is 1. The molecule has 0 fully saturated rings. The highest BCUT2D eigenvalue weighted by Crippen LogP contribution is 2.36. The Kier molecular flexibility index (Phi) is 3.98. The third-order valence-corrected chi connectivity index (χ3v) is 5.20. The summed E-state index contributed by atoms with van der Waals surface area (Å²) in [5.41, 5.74) is -4.97. The van der Waals surface area contributed by atoms with Gasteiger partial charge >= 0.3 is 15.5 Å². The number of aromatic nitrogens is 2. The van der Waals surface area contributed by atoms with E-state index < -0.39 is 15.5 Å². The Bertz CT molecular complexity index is 1060. The fraction of sp³-hybridized carbons (Fsp3) is 0.188. The minimum absolute atomic E-state index is 0.0509. The molecular weight excluding hydrogens is 357 g/mol. The summed E-state index contributed by atoms with van der Waals surface area (Å²) < 4.78 is 69.2. The Labute approximate surface area is 141 Å². The molecule has 2 aromatic heterocycles.